The van der Waals surface area contributed by atoms with Crippen molar-refractivity contribution in [1.82, 2.24) is 15.3 Å². The van der Waals surface area contributed by atoms with Gasteiger partial charge in [-0.25, -0.2) is 4.98 Å². The van der Waals surface area contributed by atoms with Crippen molar-refractivity contribution < 1.29 is 4.79 Å². The topological polar surface area (TPSA) is 54.9 Å². The van der Waals surface area contributed by atoms with Gasteiger partial charge in [-0.3, -0.25) is 9.78 Å². The molecule has 0 radical (unpaired) electrons. The summed E-state index contributed by atoms with van der Waals surface area (Å²) in [6, 6.07) is 11.2. The normalized spacial score (nSPS) is 10.5. The van der Waals surface area contributed by atoms with Crippen LogP contribution in [0.15, 0.2) is 48.8 Å². The predicted octanol–water partition coefficient (Wildman–Crippen LogP) is 4.10. The van der Waals surface area contributed by atoms with E-state index in [1.165, 1.54) is 11.3 Å². The van der Waals surface area contributed by atoms with Crippen LogP contribution in [0.5, 0.6) is 0 Å². The SMILES string of the molecule is Cc1nc(-c2cccc(Cl)c2)sc1C(=O)NCc1cccnc1. The molecule has 6 heteroatoms. The molecule has 0 bridgehead atoms. The number of benzene rings is 1. The van der Waals surface area contributed by atoms with Gasteiger partial charge in [-0.2, -0.15) is 0 Å². The Morgan fingerprint density at radius 2 is 2.17 bits per heavy atom. The van der Waals surface area contributed by atoms with Gasteiger partial charge in [0.1, 0.15) is 9.88 Å². The summed E-state index contributed by atoms with van der Waals surface area (Å²) in [4.78, 5) is 21.5. The van der Waals surface area contributed by atoms with Crippen LogP contribution in [0.25, 0.3) is 10.6 Å². The van der Waals surface area contributed by atoms with Crippen LogP contribution in [0.1, 0.15) is 20.9 Å². The van der Waals surface area contributed by atoms with Gasteiger partial charge < -0.3 is 5.32 Å². The van der Waals surface area contributed by atoms with Crippen LogP contribution in [-0.4, -0.2) is 15.9 Å². The number of thiazole rings is 1. The van der Waals surface area contributed by atoms with Crippen LogP contribution in [0.3, 0.4) is 0 Å². The first kappa shape index (κ1) is 15.6. The Hall–Kier alpha value is -2.24. The molecule has 0 saturated carbocycles. The number of carbonyl (C=O) groups excluding carboxylic acids is 1. The van der Waals surface area contributed by atoms with Crippen molar-refractivity contribution >= 4 is 28.8 Å². The largest absolute Gasteiger partial charge is 0.347 e. The van der Waals surface area contributed by atoms with Gasteiger partial charge in [0, 0.05) is 29.5 Å². The first-order chi connectivity index (χ1) is 11.1. The van der Waals surface area contributed by atoms with Gasteiger partial charge in [0.05, 0.1) is 5.69 Å². The van der Waals surface area contributed by atoms with E-state index < -0.39 is 0 Å². The monoisotopic (exact) mass is 343 g/mol. The lowest BCUT2D eigenvalue weighted by Crippen LogP contribution is -2.22. The van der Waals surface area contributed by atoms with Crippen LogP contribution in [0.4, 0.5) is 0 Å². The van der Waals surface area contributed by atoms with Crippen LogP contribution < -0.4 is 5.32 Å². The molecule has 0 spiro atoms. The highest BCUT2D eigenvalue weighted by Crippen LogP contribution is 2.29. The molecule has 4 nitrogen and oxygen atoms in total. The van der Waals surface area contributed by atoms with Gasteiger partial charge in [-0.05, 0) is 30.7 Å². The molecule has 23 heavy (non-hydrogen) atoms. The van der Waals surface area contributed by atoms with E-state index in [4.69, 9.17) is 11.6 Å². The summed E-state index contributed by atoms with van der Waals surface area (Å²) in [5.74, 6) is -0.128. The minimum absolute atomic E-state index is 0.128. The molecule has 0 atom stereocenters. The van der Waals surface area contributed by atoms with E-state index in [2.05, 4.69) is 15.3 Å². The predicted molar refractivity (Wildman–Crippen MR) is 92.7 cm³/mol. The lowest BCUT2D eigenvalue weighted by Gasteiger charge is -2.03. The second-order valence-corrected chi connectivity index (χ2v) is 6.42. The first-order valence-electron chi connectivity index (χ1n) is 7.04. The van der Waals surface area contributed by atoms with E-state index in [-0.39, 0.29) is 5.91 Å². The van der Waals surface area contributed by atoms with E-state index in [0.717, 1.165) is 16.1 Å². The third-order valence-corrected chi connectivity index (χ3v) is 4.69. The molecule has 0 fully saturated rings. The maximum absolute atomic E-state index is 12.4. The van der Waals surface area contributed by atoms with Crippen LogP contribution >= 0.6 is 22.9 Å². The summed E-state index contributed by atoms with van der Waals surface area (Å²) in [7, 11) is 0. The molecule has 0 aliphatic carbocycles. The number of hydrogen-bond acceptors (Lipinski definition) is 4. The van der Waals surface area contributed by atoms with Crippen molar-refractivity contribution in [3.63, 3.8) is 0 Å². The number of nitrogens with zero attached hydrogens (tertiary/aromatic N) is 2. The standard InChI is InChI=1S/C17H14ClN3OS/c1-11-15(16(22)20-10-12-4-3-7-19-9-12)23-17(21-11)13-5-2-6-14(18)8-13/h2-9H,10H2,1H3,(H,20,22). The van der Waals surface area contributed by atoms with Gasteiger partial charge >= 0.3 is 0 Å². The average molecular weight is 344 g/mol. The lowest BCUT2D eigenvalue weighted by molar-refractivity contribution is 0.0954. The molecule has 3 rings (SSSR count). The maximum atomic E-state index is 12.4. The zero-order chi connectivity index (χ0) is 16.2. The number of hydrogen-bond donors (Lipinski definition) is 1. The van der Waals surface area contributed by atoms with E-state index in [1.54, 1.807) is 12.4 Å². The highest BCUT2D eigenvalue weighted by molar-refractivity contribution is 7.17. The maximum Gasteiger partial charge on any atom is 0.263 e. The Labute approximate surface area is 143 Å². The lowest BCUT2D eigenvalue weighted by atomic mass is 10.2. The third-order valence-electron chi connectivity index (χ3n) is 3.25. The summed E-state index contributed by atoms with van der Waals surface area (Å²) < 4.78 is 0. The molecule has 3 aromatic rings. The second-order valence-electron chi connectivity index (χ2n) is 4.99. The zero-order valence-electron chi connectivity index (χ0n) is 12.4. The second kappa shape index (κ2) is 6.89. The van der Waals surface area contributed by atoms with Crippen molar-refractivity contribution in [2.75, 3.05) is 0 Å². The minimum atomic E-state index is -0.128. The number of halogens is 1. The third kappa shape index (κ3) is 3.75. The Kier molecular flexibility index (Phi) is 4.69. The van der Waals surface area contributed by atoms with Gasteiger partial charge in [-0.1, -0.05) is 29.8 Å². The highest BCUT2D eigenvalue weighted by Gasteiger charge is 2.16. The minimum Gasteiger partial charge on any atom is -0.347 e. The van der Waals surface area contributed by atoms with Crippen molar-refractivity contribution in [2.24, 2.45) is 0 Å². The number of aryl methyl sites for hydroxylation is 1. The molecule has 116 valence electrons. The molecule has 0 aliphatic rings. The quantitative estimate of drug-likeness (QED) is 0.776. The Morgan fingerprint density at radius 1 is 1.30 bits per heavy atom. The Morgan fingerprint density at radius 3 is 2.91 bits per heavy atom. The highest BCUT2D eigenvalue weighted by atomic mass is 35.5. The van der Waals surface area contributed by atoms with Gasteiger partial charge in [0.15, 0.2) is 0 Å². The Balaban J connectivity index is 1.76. The molecule has 1 amide bonds. The molecule has 2 heterocycles. The number of nitrogens with one attached hydrogen (secondary N) is 1. The number of aromatic nitrogens is 2. The number of rotatable bonds is 4. The van der Waals surface area contributed by atoms with Crippen molar-refractivity contribution in [3.8, 4) is 10.6 Å². The Bertz CT molecular complexity index is 833. The number of pyridine rings is 1. The fourth-order valence-corrected chi connectivity index (χ4v) is 3.29. The van der Waals surface area contributed by atoms with E-state index in [0.29, 0.717) is 22.1 Å². The summed E-state index contributed by atoms with van der Waals surface area (Å²) in [5, 5.41) is 4.34. The average Bonchev–Trinajstić information content (AvgIpc) is 2.96. The van der Waals surface area contributed by atoms with Crippen LogP contribution in [-0.2, 0) is 6.54 Å². The van der Waals surface area contributed by atoms with Gasteiger partial charge in [0.25, 0.3) is 5.91 Å². The first-order valence-corrected chi connectivity index (χ1v) is 8.23. The molecular formula is C17H14ClN3OS. The van der Waals surface area contributed by atoms with Crippen LogP contribution in [0.2, 0.25) is 5.02 Å². The molecule has 1 N–H and O–H groups in total. The van der Waals surface area contributed by atoms with Gasteiger partial charge in [0.2, 0.25) is 0 Å². The van der Waals surface area contributed by atoms with Crippen molar-refractivity contribution in [3.05, 3.63) is 69.9 Å². The van der Waals surface area contributed by atoms with Gasteiger partial charge in [-0.15, -0.1) is 11.3 Å². The van der Waals surface area contributed by atoms with Crippen molar-refractivity contribution in [1.29, 1.82) is 0 Å². The molecule has 0 aliphatic heterocycles. The van der Waals surface area contributed by atoms with E-state index in [1.807, 2.05) is 43.3 Å². The van der Waals surface area contributed by atoms with Crippen LogP contribution in [0, 0.1) is 6.92 Å². The summed E-state index contributed by atoms with van der Waals surface area (Å²) >= 11 is 7.38. The fraction of sp³-hybridized carbons (Fsp3) is 0.118. The summed E-state index contributed by atoms with van der Waals surface area (Å²) in [6.45, 7) is 2.28. The fourth-order valence-electron chi connectivity index (χ4n) is 2.12. The summed E-state index contributed by atoms with van der Waals surface area (Å²) in [5.41, 5.74) is 2.59. The smallest absolute Gasteiger partial charge is 0.263 e. The molecule has 1 aromatic carbocycles. The summed E-state index contributed by atoms with van der Waals surface area (Å²) in [6.07, 6.45) is 3.44. The van der Waals surface area contributed by atoms with E-state index >= 15 is 0 Å². The zero-order valence-corrected chi connectivity index (χ0v) is 14.0. The molecule has 0 saturated heterocycles. The number of amides is 1. The number of carbonyl (C=O) groups is 1. The molecule has 0 unspecified atom stereocenters. The van der Waals surface area contributed by atoms with E-state index in [9.17, 15) is 4.79 Å². The molecular weight excluding hydrogens is 330 g/mol. The van der Waals surface area contributed by atoms with Crippen molar-refractivity contribution in [2.45, 2.75) is 13.5 Å². The molecule has 2 aromatic heterocycles.